The molecule has 0 heterocycles. The molecule has 3 atom stereocenters. The van der Waals surface area contributed by atoms with Gasteiger partial charge in [-0.15, -0.1) is 0 Å². The van der Waals surface area contributed by atoms with Crippen molar-refractivity contribution in [2.45, 2.75) is 44.7 Å². The van der Waals surface area contributed by atoms with Gasteiger partial charge in [0.2, 0.25) is 5.91 Å². The van der Waals surface area contributed by atoms with Gasteiger partial charge in [-0.25, -0.2) is 9.59 Å². The molecule has 0 saturated heterocycles. The summed E-state index contributed by atoms with van der Waals surface area (Å²) in [6.07, 6.45) is -2.21. The summed E-state index contributed by atoms with van der Waals surface area (Å²) in [5.74, 6) is -1.48. The third kappa shape index (κ3) is 8.97. The van der Waals surface area contributed by atoms with Crippen molar-refractivity contribution in [3.63, 3.8) is 0 Å². The number of hydrogen-bond donors (Lipinski definition) is 4. The molecule has 3 aromatic carbocycles. The van der Waals surface area contributed by atoms with Gasteiger partial charge in [0.25, 0.3) is 0 Å². The Morgan fingerprint density at radius 1 is 0.784 bits per heavy atom. The van der Waals surface area contributed by atoms with Crippen LogP contribution in [0.15, 0.2) is 84.9 Å². The number of carbonyl (C=O) groups is 3. The van der Waals surface area contributed by atoms with Crippen LogP contribution in [0.4, 0.5) is 4.79 Å². The van der Waals surface area contributed by atoms with Crippen molar-refractivity contribution in [2.24, 2.45) is 0 Å². The fourth-order valence-corrected chi connectivity index (χ4v) is 3.46. The molecule has 37 heavy (non-hydrogen) atoms. The number of ether oxygens (including phenoxy) is 2. The number of hydrogen-bond acceptors (Lipinski definition) is 6. The molecule has 0 spiro atoms. The Morgan fingerprint density at radius 2 is 1.35 bits per heavy atom. The van der Waals surface area contributed by atoms with Crippen LogP contribution >= 0.6 is 0 Å². The van der Waals surface area contributed by atoms with Crippen molar-refractivity contribution < 1.29 is 34.1 Å². The lowest BCUT2D eigenvalue weighted by molar-refractivity contribution is -0.142. The zero-order valence-electron chi connectivity index (χ0n) is 20.4. The van der Waals surface area contributed by atoms with Crippen LogP contribution in [0.1, 0.15) is 23.6 Å². The number of aliphatic hydroxyl groups is 1. The molecule has 3 aromatic rings. The van der Waals surface area contributed by atoms with Gasteiger partial charge in [0, 0.05) is 6.42 Å². The second-order valence-electron chi connectivity index (χ2n) is 8.45. The molecule has 3 rings (SSSR count). The maximum atomic E-state index is 12.7. The van der Waals surface area contributed by atoms with Crippen LogP contribution in [-0.4, -0.2) is 46.4 Å². The number of carboxylic acid groups (broad SMARTS) is 1. The molecule has 0 fully saturated rings. The minimum absolute atomic E-state index is 0.00891. The van der Waals surface area contributed by atoms with Gasteiger partial charge in [0.15, 0.2) is 0 Å². The van der Waals surface area contributed by atoms with Crippen molar-refractivity contribution in [2.75, 3.05) is 0 Å². The molecule has 0 aliphatic heterocycles. The quantitative estimate of drug-likeness (QED) is 0.297. The molecule has 0 bridgehead atoms. The summed E-state index contributed by atoms with van der Waals surface area (Å²) < 4.78 is 10.8. The third-order valence-corrected chi connectivity index (χ3v) is 5.48. The molecular weight excluding hydrogens is 476 g/mol. The van der Waals surface area contributed by atoms with E-state index in [4.69, 9.17) is 9.47 Å². The molecule has 0 aromatic heterocycles. The zero-order valence-corrected chi connectivity index (χ0v) is 20.4. The van der Waals surface area contributed by atoms with Crippen molar-refractivity contribution >= 4 is 18.0 Å². The Labute approximate surface area is 215 Å². The lowest BCUT2D eigenvalue weighted by Crippen LogP contribution is -2.56. The number of nitrogens with one attached hydrogen (secondary N) is 2. The number of carbonyl (C=O) groups excluding carboxylic acids is 2. The summed E-state index contributed by atoms with van der Waals surface area (Å²) in [7, 11) is 0. The highest BCUT2D eigenvalue weighted by molar-refractivity contribution is 5.89. The van der Waals surface area contributed by atoms with Gasteiger partial charge in [-0.1, -0.05) is 72.8 Å². The highest BCUT2D eigenvalue weighted by Crippen LogP contribution is 2.16. The Bertz CT molecular complexity index is 1150. The Morgan fingerprint density at radius 3 is 1.89 bits per heavy atom. The number of carboxylic acids is 1. The first-order valence-electron chi connectivity index (χ1n) is 11.8. The van der Waals surface area contributed by atoms with Crippen molar-refractivity contribution in [1.82, 2.24) is 10.6 Å². The van der Waals surface area contributed by atoms with Gasteiger partial charge in [-0.2, -0.15) is 0 Å². The maximum absolute atomic E-state index is 12.7. The largest absolute Gasteiger partial charge is 0.489 e. The molecule has 4 N–H and O–H groups in total. The second kappa shape index (κ2) is 13.6. The van der Waals surface area contributed by atoms with Crippen LogP contribution in [-0.2, 0) is 34.0 Å². The van der Waals surface area contributed by atoms with Crippen LogP contribution in [0.25, 0.3) is 0 Å². The number of benzene rings is 3. The minimum atomic E-state index is -1.40. The van der Waals surface area contributed by atoms with Crippen LogP contribution < -0.4 is 15.4 Å². The molecule has 9 nitrogen and oxygen atoms in total. The van der Waals surface area contributed by atoms with Crippen LogP contribution in [0.3, 0.4) is 0 Å². The van der Waals surface area contributed by atoms with E-state index >= 15 is 0 Å². The van der Waals surface area contributed by atoms with Crippen LogP contribution in [0.2, 0.25) is 0 Å². The fraction of sp³-hybridized carbons (Fsp3) is 0.250. The van der Waals surface area contributed by atoms with E-state index < -0.39 is 36.2 Å². The van der Waals surface area contributed by atoms with Crippen molar-refractivity contribution in [1.29, 1.82) is 0 Å². The Kier molecular flexibility index (Phi) is 10.0. The molecule has 194 valence electrons. The van der Waals surface area contributed by atoms with E-state index in [0.29, 0.717) is 17.9 Å². The lowest BCUT2D eigenvalue weighted by atomic mass is 10.0. The number of alkyl carbamates (subject to hydrolysis) is 1. The minimum Gasteiger partial charge on any atom is -0.489 e. The predicted octanol–water partition coefficient (Wildman–Crippen LogP) is 3.05. The average molecular weight is 507 g/mol. The molecule has 0 saturated carbocycles. The molecule has 2 amide bonds. The Hall–Kier alpha value is -4.37. The van der Waals surface area contributed by atoms with Gasteiger partial charge in [-0.3, -0.25) is 4.79 Å². The number of rotatable bonds is 12. The monoisotopic (exact) mass is 506 g/mol. The standard InChI is InChI=1S/C28H30N2O7/c1-19(31)25(30-28(35)37-18-22-10-6-3-7-11-22)26(32)29-24(27(33)34)16-20-12-14-23(15-13-20)36-17-21-8-4-2-5-9-21/h2-15,19,24-25,31H,16-18H2,1H3,(H,29,32)(H,30,35)(H,33,34)/t19-,24+,25+/m1/s1. The number of aliphatic hydroxyl groups excluding tert-OH is 1. The van der Waals surface area contributed by atoms with Gasteiger partial charge in [0.1, 0.15) is 31.0 Å². The van der Waals surface area contributed by atoms with Gasteiger partial charge in [-0.05, 0) is 35.7 Å². The normalized spacial score (nSPS) is 13.0. The number of amides is 2. The molecule has 0 unspecified atom stereocenters. The highest BCUT2D eigenvalue weighted by Gasteiger charge is 2.30. The summed E-state index contributed by atoms with van der Waals surface area (Å²) in [4.78, 5) is 36.7. The lowest BCUT2D eigenvalue weighted by Gasteiger charge is -2.23. The maximum Gasteiger partial charge on any atom is 0.408 e. The topological polar surface area (TPSA) is 134 Å². The smallest absolute Gasteiger partial charge is 0.408 e. The molecular formula is C28H30N2O7. The highest BCUT2D eigenvalue weighted by atomic mass is 16.5. The summed E-state index contributed by atoms with van der Waals surface area (Å²) in [6.45, 7) is 1.69. The first-order chi connectivity index (χ1) is 17.8. The van der Waals surface area contributed by atoms with E-state index in [-0.39, 0.29) is 13.0 Å². The first kappa shape index (κ1) is 27.2. The van der Waals surface area contributed by atoms with E-state index in [0.717, 1.165) is 11.1 Å². The fourth-order valence-electron chi connectivity index (χ4n) is 3.46. The molecule has 9 heteroatoms. The predicted molar refractivity (Wildman–Crippen MR) is 136 cm³/mol. The van der Waals surface area contributed by atoms with Gasteiger partial charge in [0.05, 0.1) is 6.10 Å². The molecule has 0 aliphatic carbocycles. The van der Waals surface area contributed by atoms with E-state index in [9.17, 15) is 24.6 Å². The Balaban J connectivity index is 1.54. The summed E-state index contributed by atoms with van der Waals surface area (Å²) >= 11 is 0. The molecule has 0 aliphatic rings. The van der Waals surface area contributed by atoms with E-state index in [1.807, 2.05) is 36.4 Å². The molecule has 0 radical (unpaired) electrons. The average Bonchev–Trinajstić information content (AvgIpc) is 2.90. The SMILES string of the molecule is C[C@@H](O)[C@H](NC(=O)OCc1ccccc1)C(=O)N[C@@H](Cc1ccc(OCc2ccccc2)cc1)C(=O)O. The number of aliphatic carboxylic acids is 1. The third-order valence-electron chi connectivity index (χ3n) is 5.48. The van der Waals surface area contributed by atoms with Gasteiger partial charge < -0.3 is 30.3 Å². The zero-order chi connectivity index (χ0) is 26.6. The first-order valence-corrected chi connectivity index (χ1v) is 11.8. The second-order valence-corrected chi connectivity index (χ2v) is 8.45. The van der Waals surface area contributed by atoms with E-state index in [2.05, 4.69) is 10.6 Å². The summed E-state index contributed by atoms with van der Waals surface area (Å²) in [6, 6.07) is 22.8. The van der Waals surface area contributed by atoms with E-state index in [1.165, 1.54) is 6.92 Å². The van der Waals surface area contributed by atoms with Crippen LogP contribution in [0.5, 0.6) is 5.75 Å². The van der Waals surface area contributed by atoms with Crippen LogP contribution in [0, 0.1) is 0 Å². The van der Waals surface area contributed by atoms with E-state index in [1.54, 1.807) is 48.5 Å². The van der Waals surface area contributed by atoms with Crippen molar-refractivity contribution in [3.8, 4) is 5.75 Å². The summed E-state index contributed by atoms with van der Waals surface area (Å²) in [5, 5.41) is 24.4. The van der Waals surface area contributed by atoms with Crippen molar-refractivity contribution in [3.05, 3.63) is 102 Å². The summed E-state index contributed by atoms with van der Waals surface area (Å²) in [5.41, 5.74) is 2.42. The van der Waals surface area contributed by atoms with Gasteiger partial charge >= 0.3 is 12.1 Å².